The SMILES string of the molecule is C[C@@H](NC(=O)c1nn(-c2ccccc2Cl)c(C2=CCC(Cl)C=C2)c1CC=O)c1ccc(C(F)(F)F)cc1. The van der Waals surface area contributed by atoms with Crippen LogP contribution in [0.3, 0.4) is 0 Å². The second-order valence-corrected chi connectivity index (χ2v) is 9.46. The molecule has 0 spiro atoms. The highest BCUT2D eigenvalue weighted by molar-refractivity contribution is 6.32. The molecule has 1 aliphatic carbocycles. The summed E-state index contributed by atoms with van der Waals surface area (Å²) in [7, 11) is 0. The minimum absolute atomic E-state index is 0.0167. The molecule has 0 radical (unpaired) electrons. The summed E-state index contributed by atoms with van der Waals surface area (Å²) in [5, 5.41) is 7.55. The lowest BCUT2D eigenvalue weighted by Gasteiger charge is -2.16. The fourth-order valence-electron chi connectivity index (χ4n) is 4.08. The second-order valence-electron chi connectivity index (χ2n) is 8.49. The van der Waals surface area contributed by atoms with E-state index in [0.29, 0.717) is 40.2 Å². The number of aldehydes is 1. The molecule has 3 aromatic rings. The van der Waals surface area contributed by atoms with Crippen LogP contribution in [0.4, 0.5) is 13.2 Å². The molecule has 1 aliphatic rings. The predicted octanol–water partition coefficient (Wildman–Crippen LogP) is 6.73. The van der Waals surface area contributed by atoms with Crippen LogP contribution in [0.2, 0.25) is 5.02 Å². The number of carbonyl (C=O) groups excluding carboxylic acids is 2. The number of hydrogen-bond donors (Lipinski definition) is 1. The standard InChI is InChI=1S/C27H22Cl2F3N3O2/c1-16(17-6-10-19(11-7-17)27(30,31)32)33-26(37)24-21(14-15-36)25(18-8-12-20(28)13-9-18)35(34-24)23-5-3-2-4-22(23)29/h2-12,15-16,20H,13-14H2,1H3,(H,33,37)/t16-,20?/m1/s1. The molecule has 1 amide bonds. The van der Waals surface area contributed by atoms with E-state index in [1.54, 1.807) is 31.2 Å². The summed E-state index contributed by atoms with van der Waals surface area (Å²) < 4.78 is 40.3. The molecular formula is C27H22Cl2F3N3O2. The van der Waals surface area contributed by atoms with Crippen molar-refractivity contribution < 1.29 is 22.8 Å². The fourth-order valence-corrected chi connectivity index (χ4v) is 4.46. The Bertz CT molecular complexity index is 1380. The van der Waals surface area contributed by atoms with Crippen molar-refractivity contribution in [3.63, 3.8) is 0 Å². The second kappa shape index (κ2) is 10.9. The molecule has 0 aliphatic heterocycles. The molecule has 2 aromatic carbocycles. The number of alkyl halides is 4. The Hall–Kier alpha value is -3.36. The average Bonchev–Trinajstić information content (AvgIpc) is 3.23. The van der Waals surface area contributed by atoms with Crippen LogP contribution in [0.5, 0.6) is 0 Å². The maximum absolute atomic E-state index is 13.4. The number of benzene rings is 2. The topological polar surface area (TPSA) is 64.0 Å². The van der Waals surface area contributed by atoms with Gasteiger partial charge in [0.15, 0.2) is 5.69 Å². The molecule has 2 atom stereocenters. The van der Waals surface area contributed by atoms with E-state index in [-0.39, 0.29) is 17.5 Å². The van der Waals surface area contributed by atoms with Crippen LogP contribution in [0.15, 0.2) is 66.8 Å². The van der Waals surface area contributed by atoms with Gasteiger partial charge in [-0.25, -0.2) is 4.68 Å². The van der Waals surface area contributed by atoms with Crippen LogP contribution in [-0.2, 0) is 17.4 Å². The summed E-state index contributed by atoms with van der Waals surface area (Å²) in [5.74, 6) is -0.577. The summed E-state index contributed by atoms with van der Waals surface area (Å²) >= 11 is 12.7. The van der Waals surface area contributed by atoms with Crippen LogP contribution in [0.1, 0.15) is 52.3 Å². The Morgan fingerprint density at radius 2 is 1.92 bits per heavy atom. The minimum atomic E-state index is -4.46. The highest BCUT2D eigenvalue weighted by Crippen LogP contribution is 2.33. The number of halogens is 5. The number of nitrogens with one attached hydrogen (secondary N) is 1. The largest absolute Gasteiger partial charge is 0.416 e. The average molecular weight is 548 g/mol. The van der Waals surface area contributed by atoms with E-state index in [1.165, 1.54) is 16.8 Å². The molecule has 0 saturated heterocycles. The summed E-state index contributed by atoms with van der Waals surface area (Å²) in [6.07, 6.45) is 2.22. The van der Waals surface area contributed by atoms with Crippen molar-refractivity contribution in [1.29, 1.82) is 0 Å². The smallest absolute Gasteiger partial charge is 0.344 e. The zero-order valence-electron chi connectivity index (χ0n) is 19.6. The van der Waals surface area contributed by atoms with E-state index in [0.717, 1.165) is 17.7 Å². The molecule has 4 rings (SSSR count). The molecule has 10 heteroatoms. The number of aromatic nitrogens is 2. The van der Waals surface area contributed by atoms with Crippen LogP contribution < -0.4 is 5.32 Å². The van der Waals surface area contributed by atoms with Crippen LogP contribution in [-0.4, -0.2) is 27.4 Å². The van der Waals surface area contributed by atoms with Crippen LogP contribution in [0.25, 0.3) is 11.3 Å². The van der Waals surface area contributed by atoms with E-state index in [2.05, 4.69) is 10.4 Å². The van der Waals surface area contributed by atoms with E-state index in [1.807, 2.05) is 18.2 Å². The van der Waals surface area contributed by atoms with Crippen molar-refractivity contribution >= 4 is 41.0 Å². The summed E-state index contributed by atoms with van der Waals surface area (Å²) in [5.41, 5.74) is 1.90. The molecule has 1 aromatic heterocycles. The maximum atomic E-state index is 13.4. The van der Waals surface area contributed by atoms with Crippen LogP contribution >= 0.6 is 23.2 Å². The summed E-state index contributed by atoms with van der Waals surface area (Å²) in [6.45, 7) is 1.65. The normalized spacial score (nSPS) is 16.3. The number of amides is 1. The first-order chi connectivity index (χ1) is 17.6. The Morgan fingerprint density at radius 3 is 2.51 bits per heavy atom. The van der Waals surface area contributed by atoms with Crippen molar-refractivity contribution in [1.82, 2.24) is 15.1 Å². The molecule has 1 unspecified atom stereocenters. The third-order valence-electron chi connectivity index (χ3n) is 5.97. The number of nitrogens with zero attached hydrogens (tertiary/aromatic N) is 2. The van der Waals surface area contributed by atoms with Gasteiger partial charge in [0.25, 0.3) is 5.91 Å². The molecule has 5 nitrogen and oxygen atoms in total. The summed E-state index contributed by atoms with van der Waals surface area (Å²) in [6, 6.07) is 10.9. The molecule has 0 saturated carbocycles. The van der Waals surface area contributed by atoms with E-state index in [4.69, 9.17) is 23.2 Å². The molecule has 192 valence electrons. The lowest BCUT2D eigenvalue weighted by molar-refractivity contribution is -0.137. The van der Waals surface area contributed by atoms with Crippen molar-refractivity contribution in [2.75, 3.05) is 0 Å². The zero-order valence-corrected chi connectivity index (χ0v) is 21.1. The van der Waals surface area contributed by atoms with Crippen molar-refractivity contribution in [2.24, 2.45) is 0 Å². The molecular weight excluding hydrogens is 526 g/mol. The lowest BCUT2D eigenvalue weighted by Crippen LogP contribution is -2.28. The number of carbonyl (C=O) groups is 2. The zero-order chi connectivity index (χ0) is 26.7. The summed E-state index contributed by atoms with van der Waals surface area (Å²) in [4.78, 5) is 25.1. The van der Waals surface area contributed by atoms with Gasteiger partial charge in [-0.15, -0.1) is 11.6 Å². The van der Waals surface area contributed by atoms with Crippen LogP contribution in [0, 0.1) is 0 Å². The van der Waals surface area contributed by atoms with Crippen molar-refractivity contribution in [3.8, 4) is 5.69 Å². The third-order valence-corrected chi connectivity index (χ3v) is 6.62. The molecule has 0 bridgehead atoms. The van der Waals surface area contributed by atoms with Crippen molar-refractivity contribution in [2.45, 2.75) is 37.4 Å². The third kappa shape index (κ3) is 5.81. The van der Waals surface area contributed by atoms with Gasteiger partial charge in [0.2, 0.25) is 0 Å². The first kappa shape index (κ1) is 26.7. The Labute approximate surface area is 221 Å². The lowest BCUT2D eigenvalue weighted by atomic mass is 9.98. The van der Waals surface area contributed by atoms with Crippen molar-refractivity contribution in [3.05, 3.63) is 99.9 Å². The Kier molecular flexibility index (Phi) is 7.90. The van der Waals surface area contributed by atoms with Gasteiger partial charge < -0.3 is 10.1 Å². The van der Waals surface area contributed by atoms with Gasteiger partial charge in [0.1, 0.15) is 6.29 Å². The highest BCUT2D eigenvalue weighted by Gasteiger charge is 2.31. The fraction of sp³-hybridized carbons (Fsp3) is 0.222. The highest BCUT2D eigenvalue weighted by atomic mass is 35.5. The predicted molar refractivity (Wildman–Crippen MR) is 137 cm³/mol. The van der Waals surface area contributed by atoms with Gasteiger partial charge in [-0.3, -0.25) is 4.79 Å². The molecule has 0 fully saturated rings. The van der Waals surface area contributed by atoms with Gasteiger partial charge in [0.05, 0.1) is 33.4 Å². The van der Waals surface area contributed by atoms with Gasteiger partial charge >= 0.3 is 6.18 Å². The van der Waals surface area contributed by atoms with E-state index >= 15 is 0 Å². The number of hydrogen-bond acceptors (Lipinski definition) is 3. The number of para-hydroxylation sites is 1. The van der Waals surface area contributed by atoms with E-state index in [9.17, 15) is 22.8 Å². The first-order valence-electron chi connectivity index (χ1n) is 11.4. The molecule has 37 heavy (non-hydrogen) atoms. The number of rotatable bonds is 7. The monoisotopic (exact) mass is 547 g/mol. The maximum Gasteiger partial charge on any atom is 0.416 e. The van der Waals surface area contributed by atoms with Gasteiger partial charge in [-0.1, -0.05) is 54.1 Å². The number of allylic oxidation sites excluding steroid dienone is 4. The van der Waals surface area contributed by atoms with Gasteiger partial charge in [0, 0.05) is 12.0 Å². The minimum Gasteiger partial charge on any atom is -0.344 e. The quantitative estimate of drug-likeness (QED) is 0.263. The Morgan fingerprint density at radius 1 is 1.22 bits per heavy atom. The molecule has 1 heterocycles. The van der Waals surface area contributed by atoms with Gasteiger partial charge in [-0.2, -0.15) is 18.3 Å². The first-order valence-corrected chi connectivity index (χ1v) is 12.2. The molecule has 1 N–H and O–H groups in total. The Balaban J connectivity index is 1.75. The van der Waals surface area contributed by atoms with E-state index < -0.39 is 23.7 Å². The van der Waals surface area contributed by atoms with Gasteiger partial charge in [-0.05, 0) is 48.7 Å².